The van der Waals surface area contributed by atoms with E-state index in [0.29, 0.717) is 6.04 Å². The first-order chi connectivity index (χ1) is 7.03. The summed E-state index contributed by atoms with van der Waals surface area (Å²) in [5.41, 5.74) is 1.16. The molecule has 3 nitrogen and oxygen atoms in total. The molecule has 1 atom stereocenters. The molecule has 0 aromatic carbocycles. The molecule has 84 valence electrons. The van der Waals surface area contributed by atoms with Crippen molar-refractivity contribution in [3.63, 3.8) is 0 Å². The van der Waals surface area contributed by atoms with Crippen LogP contribution in [0.15, 0.2) is 25.2 Å². The third-order valence-corrected chi connectivity index (χ3v) is 2.91. The van der Waals surface area contributed by atoms with Crippen LogP contribution in [0.3, 0.4) is 0 Å². The van der Waals surface area contributed by atoms with Gasteiger partial charge in [-0.3, -0.25) is 0 Å². The summed E-state index contributed by atoms with van der Waals surface area (Å²) in [6.45, 7) is 10.3. The molecule has 1 unspecified atom stereocenters. The highest BCUT2D eigenvalue weighted by Gasteiger charge is 2.23. The molecule has 0 radical (unpaired) electrons. The number of allylic oxidation sites excluding steroid dienone is 1. The van der Waals surface area contributed by atoms with Gasteiger partial charge in [0, 0.05) is 6.04 Å². The lowest BCUT2D eigenvalue weighted by Crippen LogP contribution is -2.35. The van der Waals surface area contributed by atoms with Crippen molar-refractivity contribution in [1.82, 2.24) is 14.9 Å². The Bertz CT molecular complexity index is 325. The number of nitrogens with one attached hydrogen (secondary N) is 1. The quantitative estimate of drug-likeness (QED) is 0.752. The first kappa shape index (κ1) is 12.0. The van der Waals surface area contributed by atoms with Gasteiger partial charge >= 0.3 is 0 Å². The van der Waals surface area contributed by atoms with E-state index in [0.717, 1.165) is 6.42 Å². The summed E-state index contributed by atoms with van der Waals surface area (Å²) in [7, 11) is 1.97. The maximum atomic E-state index is 4.23. The standard InChI is InChI=1S/C12H21N3/c1-6-7-10(2)15-9-14-8-11(15)12(3,4)13-5/h6,8-10,13H,1,7H2,2-5H3. The fourth-order valence-corrected chi connectivity index (χ4v) is 1.62. The van der Waals surface area contributed by atoms with Gasteiger partial charge in [0.15, 0.2) is 0 Å². The molecule has 1 rings (SSSR count). The normalized spacial score (nSPS) is 13.9. The Kier molecular flexibility index (Phi) is 3.69. The van der Waals surface area contributed by atoms with Gasteiger partial charge in [-0.2, -0.15) is 0 Å². The predicted octanol–water partition coefficient (Wildman–Crippen LogP) is 2.47. The van der Waals surface area contributed by atoms with Gasteiger partial charge in [-0.25, -0.2) is 4.98 Å². The summed E-state index contributed by atoms with van der Waals surface area (Å²) in [6.07, 6.45) is 6.72. The van der Waals surface area contributed by atoms with Crippen LogP contribution in [0.5, 0.6) is 0 Å². The smallest absolute Gasteiger partial charge is 0.0951 e. The van der Waals surface area contributed by atoms with E-state index in [4.69, 9.17) is 0 Å². The Labute approximate surface area is 92.2 Å². The average molecular weight is 207 g/mol. The first-order valence-corrected chi connectivity index (χ1v) is 5.35. The lowest BCUT2D eigenvalue weighted by atomic mass is 10.0. The number of hydrogen-bond acceptors (Lipinski definition) is 2. The van der Waals surface area contributed by atoms with E-state index in [1.165, 1.54) is 5.69 Å². The minimum atomic E-state index is -0.0497. The van der Waals surface area contributed by atoms with E-state index in [9.17, 15) is 0 Å². The molecule has 1 aromatic rings. The second-order valence-corrected chi connectivity index (χ2v) is 4.43. The molecule has 0 aliphatic heterocycles. The van der Waals surface area contributed by atoms with E-state index in [-0.39, 0.29) is 5.54 Å². The number of imidazole rings is 1. The Morgan fingerprint density at radius 3 is 2.87 bits per heavy atom. The summed E-state index contributed by atoms with van der Waals surface area (Å²) in [5, 5.41) is 3.29. The molecule has 3 heteroatoms. The molecule has 1 heterocycles. The van der Waals surface area contributed by atoms with Crippen molar-refractivity contribution >= 4 is 0 Å². The molecule has 0 aliphatic carbocycles. The maximum Gasteiger partial charge on any atom is 0.0951 e. The predicted molar refractivity (Wildman–Crippen MR) is 63.8 cm³/mol. The van der Waals surface area contributed by atoms with Crippen molar-refractivity contribution in [1.29, 1.82) is 0 Å². The van der Waals surface area contributed by atoms with Crippen molar-refractivity contribution in [2.75, 3.05) is 7.05 Å². The topological polar surface area (TPSA) is 29.9 Å². The number of hydrogen-bond donors (Lipinski definition) is 1. The Morgan fingerprint density at radius 1 is 1.67 bits per heavy atom. The Balaban J connectivity index is 3.00. The highest BCUT2D eigenvalue weighted by atomic mass is 15.1. The Morgan fingerprint density at radius 2 is 2.33 bits per heavy atom. The van der Waals surface area contributed by atoms with Crippen molar-refractivity contribution in [2.45, 2.75) is 38.8 Å². The largest absolute Gasteiger partial charge is 0.330 e. The first-order valence-electron chi connectivity index (χ1n) is 5.35. The van der Waals surface area contributed by atoms with Gasteiger partial charge in [0.2, 0.25) is 0 Å². The zero-order chi connectivity index (χ0) is 11.5. The number of nitrogens with zero attached hydrogens (tertiary/aromatic N) is 2. The molecule has 0 bridgehead atoms. The average Bonchev–Trinajstić information content (AvgIpc) is 2.67. The molecule has 1 N–H and O–H groups in total. The third kappa shape index (κ3) is 2.48. The van der Waals surface area contributed by atoms with Gasteiger partial charge in [-0.1, -0.05) is 6.08 Å². The number of aromatic nitrogens is 2. The summed E-state index contributed by atoms with van der Waals surface area (Å²) in [6, 6.07) is 0.410. The van der Waals surface area contributed by atoms with E-state index in [2.05, 4.69) is 42.2 Å². The molecule has 0 spiro atoms. The molecule has 0 aliphatic rings. The molecule has 1 aromatic heterocycles. The second-order valence-electron chi connectivity index (χ2n) is 4.43. The van der Waals surface area contributed by atoms with Crippen LogP contribution in [0, 0.1) is 0 Å². The Hall–Kier alpha value is -1.09. The molecule has 0 saturated heterocycles. The summed E-state index contributed by atoms with van der Waals surface area (Å²) in [4.78, 5) is 4.23. The summed E-state index contributed by atoms with van der Waals surface area (Å²) in [5.74, 6) is 0. The SMILES string of the molecule is C=CCC(C)n1cncc1C(C)(C)NC. The molecule has 0 saturated carbocycles. The highest BCUT2D eigenvalue weighted by molar-refractivity contribution is 5.12. The van der Waals surface area contributed by atoms with Gasteiger partial charge in [0.25, 0.3) is 0 Å². The number of rotatable bonds is 5. The van der Waals surface area contributed by atoms with Crippen LogP contribution >= 0.6 is 0 Å². The van der Waals surface area contributed by atoms with Crippen LogP contribution in [0.2, 0.25) is 0 Å². The monoisotopic (exact) mass is 207 g/mol. The van der Waals surface area contributed by atoms with Crippen LogP contribution in [0.1, 0.15) is 38.9 Å². The van der Waals surface area contributed by atoms with Gasteiger partial charge in [0.1, 0.15) is 0 Å². The van der Waals surface area contributed by atoms with Gasteiger partial charge < -0.3 is 9.88 Å². The van der Waals surface area contributed by atoms with E-state index in [1.54, 1.807) is 0 Å². The van der Waals surface area contributed by atoms with Gasteiger partial charge in [-0.05, 0) is 34.2 Å². The lowest BCUT2D eigenvalue weighted by molar-refractivity contribution is 0.390. The van der Waals surface area contributed by atoms with Crippen LogP contribution in [-0.2, 0) is 5.54 Å². The van der Waals surface area contributed by atoms with Crippen molar-refractivity contribution in [3.05, 3.63) is 30.9 Å². The summed E-state index contributed by atoms with van der Waals surface area (Å²) >= 11 is 0. The highest BCUT2D eigenvalue weighted by Crippen LogP contribution is 2.23. The van der Waals surface area contributed by atoms with E-state index in [1.807, 2.05) is 25.6 Å². The zero-order valence-electron chi connectivity index (χ0n) is 10.1. The molecule has 0 amide bonds. The maximum absolute atomic E-state index is 4.23. The summed E-state index contributed by atoms with van der Waals surface area (Å²) < 4.78 is 2.21. The lowest BCUT2D eigenvalue weighted by Gasteiger charge is -2.27. The fourth-order valence-electron chi connectivity index (χ4n) is 1.62. The van der Waals surface area contributed by atoms with Crippen LogP contribution in [-0.4, -0.2) is 16.6 Å². The van der Waals surface area contributed by atoms with Crippen LogP contribution in [0.25, 0.3) is 0 Å². The second kappa shape index (κ2) is 4.62. The van der Waals surface area contributed by atoms with E-state index < -0.39 is 0 Å². The van der Waals surface area contributed by atoms with Gasteiger partial charge in [0.05, 0.1) is 23.8 Å². The van der Waals surface area contributed by atoms with Crippen molar-refractivity contribution < 1.29 is 0 Å². The van der Waals surface area contributed by atoms with Gasteiger partial charge in [-0.15, -0.1) is 6.58 Å². The zero-order valence-corrected chi connectivity index (χ0v) is 10.1. The van der Waals surface area contributed by atoms with Crippen LogP contribution in [0.4, 0.5) is 0 Å². The third-order valence-electron chi connectivity index (χ3n) is 2.91. The molecule has 15 heavy (non-hydrogen) atoms. The molecular formula is C12H21N3. The van der Waals surface area contributed by atoms with Crippen molar-refractivity contribution in [3.8, 4) is 0 Å². The molecular weight excluding hydrogens is 186 g/mol. The van der Waals surface area contributed by atoms with Crippen LogP contribution < -0.4 is 5.32 Å². The van der Waals surface area contributed by atoms with E-state index >= 15 is 0 Å². The minimum absolute atomic E-state index is 0.0497. The van der Waals surface area contributed by atoms with Crippen molar-refractivity contribution in [2.24, 2.45) is 0 Å². The minimum Gasteiger partial charge on any atom is -0.330 e. The fraction of sp³-hybridized carbons (Fsp3) is 0.583. The molecule has 0 fully saturated rings.